The van der Waals surface area contributed by atoms with E-state index in [1.54, 1.807) is 10.7 Å². The van der Waals surface area contributed by atoms with Gasteiger partial charge in [-0.05, 0) is 37.5 Å². The van der Waals surface area contributed by atoms with Crippen molar-refractivity contribution in [2.24, 2.45) is 0 Å². The zero-order valence-electron chi connectivity index (χ0n) is 15.8. The fraction of sp³-hybridized carbons (Fsp3) is 0.474. The lowest BCUT2D eigenvalue weighted by atomic mass is 10.0. The van der Waals surface area contributed by atoms with E-state index >= 15 is 0 Å². The zero-order valence-corrected chi connectivity index (χ0v) is 15.8. The highest BCUT2D eigenvalue weighted by atomic mass is 16.5. The molecule has 1 saturated heterocycles. The number of carbonyl (C=O) groups excluding carboxylic acids is 2. The van der Waals surface area contributed by atoms with Crippen LogP contribution in [0.3, 0.4) is 0 Å². The Morgan fingerprint density at radius 3 is 2.86 bits per heavy atom. The summed E-state index contributed by atoms with van der Waals surface area (Å²) in [5.41, 5.74) is 0.864. The van der Waals surface area contributed by atoms with Crippen LogP contribution in [0.15, 0.2) is 24.5 Å². The van der Waals surface area contributed by atoms with Crippen molar-refractivity contribution in [1.82, 2.24) is 19.7 Å². The lowest BCUT2D eigenvalue weighted by Crippen LogP contribution is -2.32. The Labute approximate surface area is 162 Å². The number of nitrogens with zero attached hydrogens (tertiary/aromatic N) is 4. The minimum atomic E-state index is -0.272. The summed E-state index contributed by atoms with van der Waals surface area (Å²) in [5, 5.41) is 6.92. The van der Waals surface area contributed by atoms with E-state index in [-0.39, 0.29) is 30.9 Å². The van der Waals surface area contributed by atoms with Crippen molar-refractivity contribution in [3.8, 4) is 11.5 Å². The molecule has 4 rings (SSSR count). The average molecular weight is 385 g/mol. The van der Waals surface area contributed by atoms with E-state index < -0.39 is 0 Å². The molecule has 0 spiro atoms. The molecule has 3 heterocycles. The summed E-state index contributed by atoms with van der Waals surface area (Å²) in [5.74, 6) is 1.36. The third-order valence-corrected chi connectivity index (χ3v) is 4.96. The summed E-state index contributed by atoms with van der Waals surface area (Å²) >= 11 is 0. The Kier molecular flexibility index (Phi) is 5.14. The molecule has 0 unspecified atom stereocenters. The summed E-state index contributed by atoms with van der Waals surface area (Å²) < 4.78 is 13.2. The van der Waals surface area contributed by atoms with Crippen LogP contribution in [0, 0.1) is 0 Å². The summed E-state index contributed by atoms with van der Waals surface area (Å²) in [6, 6.07) is 5.22. The average Bonchev–Trinajstić information content (AvgIpc) is 3.38. The van der Waals surface area contributed by atoms with Gasteiger partial charge in [-0.25, -0.2) is 4.68 Å². The number of likely N-dealkylation sites (tertiary alicyclic amines) is 1. The van der Waals surface area contributed by atoms with Gasteiger partial charge in [0, 0.05) is 13.1 Å². The molecule has 0 aliphatic carbocycles. The van der Waals surface area contributed by atoms with Gasteiger partial charge in [0.1, 0.15) is 6.33 Å². The zero-order chi connectivity index (χ0) is 19.5. The molecule has 1 atom stereocenters. The van der Waals surface area contributed by atoms with Gasteiger partial charge in [-0.15, -0.1) is 0 Å². The van der Waals surface area contributed by atoms with Crippen LogP contribution >= 0.6 is 0 Å². The third-order valence-electron chi connectivity index (χ3n) is 4.96. The topological polar surface area (TPSA) is 98.6 Å². The number of nitrogens with one attached hydrogen (secondary N) is 1. The minimum absolute atomic E-state index is 0.0137. The number of ether oxygens (including phenoxy) is 2. The summed E-state index contributed by atoms with van der Waals surface area (Å²) in [4.78, 5) is 30.1. The number of aromatic nitrogens is 3. The first-order valence-electron chi connectivity index (χ1n) is 9.52. The fourth-order valence-corrected chi connectivity index (χ4v) is 3.58. The monoisotopic (exact) mass is 385 g/mol. The van der Waals surface area contributed by atoms with Crippen molar-refractivity contribution in [3.05, 3.63) is 30.1 Å². The van der Waals surface area contributed by atoms with Crippen molar-refractivity contribution in [3.63, 3.8) is 0 Å². The molecular formula is C19H23N5O4. The molecule has 9 heteroatoms. The second-order valence-electron chi connectivity index (χ2n) is 6.81. The Balaban J connectivity index is 1.54. The third kappa shape index (κ3) is 3.64. The molecule has 1 aromatic carbocycles. The molecule has 2 aromatic rings. The SMILES string of the molecule is CCOc1cc([C@H]2CC(=O)Nc3ncnn32)ccc1OCC(=O)N1CCCC1. The molecule has 1 N–H and O–H groups in total. The van der Waals surface area contributed by atoms with Crippen LogP contribution in [0.2, 0.25) is 0 Å². The van der Waals surface area contributed by atoms with Gasteiger partial charge >= 0.3 is 0 Å². The molecular weight excluding hydrogens is 362 g/mol. The lowest BCUT2D eigenvalue weighted by Gasteiger charge is -2.24. The van der Waals surface area contributed by atoms with Crippen LogP contribution in [-0.2, 0) is 9.59 Å². The molecule has 0 bridgehead atoms. The molecule has 1 fully saturated rings. The normalized spacial score (nSPS) is 18.5. The van der Waals surface area contributed by atoms with Crippen LogP contribution in [0.25, 0.3) is 0 Å². The van der Waals surface area contributed by atoms with Crippen molar-refractivity contribution >= 4 is 17.8 Å². The van der Waals surface area contributed by atoms with Gasteiger partial charge in [0.25, 0.3) is 5.91 Å². The Morgan fingerprint density at radius 1 is 1.25 bits per heavy atom. The molecule has 9 nitrogen and oxygen atoms in total. The van der Waals surface area contributed by atoms with E-state index in [9.17, 15) is 9.59 Å². The highest BCUT2D eigenvalue weighted by Gasteiger charge is 2.28. The number of benzene rings is 1. The van der Waals surface area contributed by atoms with Crippen LogP contribution in [0.5, 0.6) is 11.5 Å². The fourth-order valence-electron chi connectivity index (χ4n) is 3.58. The summed E-state index contributed by atoms with van der Waals surface area (Å²) in [6.07, 6.45) is 3.77. The molecule has 28 heavy (non-hydrogen) atoms. The van der Waals surface area contributed by atoms with E-state index in [1.165, 1.54) is 6.33 Å². The first kappa shape index (κ1) is 18.3. The van der Waals surface area contributed by atoms with E-state index in [1.807, 2.05) is 24.0 Å². The van der Waals surface area contributed by atoms with Gasteiger partial charge in [-0.1, -0.05) is 6.07 Å². The van der Waals surface area contributed by atoms with Crippen LogP contribution in [0.1, 0.15) is 37.8 Å². The second-order valence-corrected chi connectivity index (χ2v) is 6.81. The molecule has 2 aliphatic heterocycles. The van der Waals surface area contributed by atoms with Crippen molar-refractivity contribution < 1.29 is 19.1 Å². The maximum Gasteiger partial charge on any atom is 0.260 e. The van der Waals surface area contributed by atoms with Crippen LogP contribution in [0.4, 0.5) is 5.95 Å². The second kappa shape index (κ2) is 7.87. The quantitative estimate of drug-likeness (QED) is 0.811. The van der Waals surface area contributed by atoms with Gasteiger partial charge in [0.2, 0.25) is 11.9 Å². The predicted octanol–water partition coefficient (Wildman–Crippen LogP) is 1.61. The van der Waals surface area contributed by atoms with Crippen LogP contribution in [-0.4, -0.2) is 57.8 Å². The van der Waals surface area contributed by atoms with Gasteiger partial charge in [0.05, 0.1) is 19.1 Å². The summed E-state index contributed by atoms with van der Waals surface area (Å²) in [6.45, 7) is 3.92. The molecule has 148 valence electrons. The smallest absolute Gasteiger partial charge is 0.260 e. The Morgan fingerprint density at radius 2 is 2.07 bits per heavy atom. The van der Waals surface area contributed by atoms with Gasteiger partial charge < -0.3 is 14.4 Å². The number of anilines is 1. The molecule has 0 saturated carbocycles. The highest BCUT2D eigenvalue weighted by Crippen LogP contribution is 2.35. The van der Waals surface area contributed by atoms with Gasteiger partial charge in [0.15, 0.2) is 18.1 Å². The lowest BCUT2D eigenvalue weighted by molar-refractivity contribution is -0.132. The van der Waals surface area contributed by atoms with Gasteiger partial charge in [-0.3, -0.25) is 14.9 Å². The van der Waals surface area contributed by atoms with E-state index in [2.05, 4.69) is 15.4 Å². The molecule has 2 amide bonds. The number of hydrogen-bond acceptors (Lipinski definition) is 6. The Bertz CT molecular complexity index is 875. The largest absolute Gasteiger partial charge is 0.490 e. The maximum atomic E-state index is 12.2. The van der Waals surface area contributed by atoms with Crippen LogP contribution < -0.4 is 14.8 Å². The van der Waals surface area contributed by atoms with Crippen molar-refractivity contribution in [1.29, 1.82) is 0 Å². The highest BCUT2D eigenvalue weighted by molar-refractivity contribution is 5.91. The molecule has 1 aromatic heterocycles. The van der Waals surface area contributed by atoms with E-state index in [0.717, 1.165) is 31.5 Å². The van der Waals surface area contributed by atoms with Gasteiger partial charge in [-0.2, -0.15) is 10.1 Å². The maximum absolute atomic E-state index is 12.2. The van der Waals surface area contributed by atoms with E-state index in [0.29, 0.717) is 24.1 Å². The number of carbonyl (C=O) groups is 2. The molecule has 0 radical (unpaired) electrons. The first-order chi connectivity index (χ1) is 13.7. The van der Waals surface area contributed by atoms with Crippen molar-refractivity contribution in [2.75, 3.05) is 31.6 Å². The summed E-state index contributed by atoms with van der Waals surface area (Å²) in [7, 11) is 0. The molecule has 2 aliphatic rings. The number of hydrogen-bond donors (Lipinski definition) is 1. The van der Waals surface area contributed by atoms with Crippen molar-refractivity contribution in [2.45, 2.75) is 32.2 Å². The number of amides is 2. The van der Waals surface area contributed by atoms with E-state index in [4.69, 9.17) is 9.47 Å². The minimum Gasteiger partial charge on any atom is -0.490 e. The first-order valence-corrected chi connectivity index (χ1v) is 9.52. The number of rotatable bonds is 6. The predicted molar refractivity (Wildman–Crippen MR) is 100 cm³/mol. The standard InChI is InChI=1S/C19H23N5O4/c1-2-27-16-9-13(14-10-17(25)22-19-20-12-21-24(14)19)5-6-15(16)28-11-18(26)23-7-3-4-8-23/h5-6,9,12,14H,2-4,7-8,10-11H2,1H3,(H,20,21,22,25)/t14-/m1/s1. The Hall–Kier alpha value is -3.10. The number of fused-ring (bicyclic) bond motifs is 1.